The highest BCUT2D eigenvalue weighted by Crippen LogP contribution is 2.18. The molecule has 0 atom stereocenters. The Hall–Kier alpha value is -1.55. The zero-order valence-electron chi connectivity index (χ0n) is 13.2. The van der Waals surface area contributed by atoms with Crippen LogP contribution >= 0.6 is 0 Å². The first kappa shape index (κ1) is 16.5. The predicted octanol–water partition coefficient (Wildman–Crippen LogP) is 2.92. The van der Waals surface area contributed by atoms with Gasteiger partial charge in [0.15, 0.2) is 0 Å². The summed E-state index contributed by atoms with van der Waals surface area (Å²) in [4.78, 5) is 14.4. The Morgan fingerprint density at radius 2 is 2.10 bits per heavy atom. The first-order valence-corrected chi connectivity index (χ1v) is 7.15. The van der Waals surface area contributed by atoms with E-state index in [-0.39, 0.29) is 11.9 Å². The second-order valence-corrected chi connectivity index (χ2v) is 5.15. The minimum Gasteiger partial charge on any atom is -0.385 e. The predicted molar refractivity (Wildman–Crippen MR) is 83.4 cm³/mol. The summed E-state index contributed by atoms with van der Waals surface area (Å²) in [6.45, 7) is 10.2. The van der Waals surface area contributed by atoms with Crippen molar-refractivity contribution in [2.24, 2.45) is 0 Å². The fraction of sp³-hybridized carbons (Fsp3) is 0.562. The van der Waals surface area contributed by atoms with Crippen LogP contribution in [0.5, 0.6) is 0 Å². The molecule has 4 heteroatoms. The summed E-state index contributed by atoms with van der Waals surface area (Å²) in [6, 6.07) is 5.96. The minimum absolute atomic E-state index is 0.0585. The summed E-state index contributed by atoms with van der Waals surface area (Å²) in [5, 5.41) is 3.28. The summed E-state index contributed by atoms with van der Waals surface area (Å²) in [6.07, 6.45) is 0. The molecular formula is C16H26N2O2. The number of methoxy groups -OCH3 is 1. The Morgan fingerprint density at radius 1 is 1.40 bits per heavy atom. The van der Waals surface area contributed by atoms with Gasteiger partial charge in [0.25, 0.3) is 5.91 Å². The van der Waals surface area contributed by atoms with Crippen LogP contribution in [0.25, 0.3) is 0 Å². The highest BCUT2D eigenvalue weighted by molar-refractivity contribution is 5.95. The summed E-state index contributed by atoms with van der Waals surface area (Å²) in [5.41, 5.74) is 2.90. The Labute approximate surface area is 122 Å². The van der Waals surface area contributed by atoms with Gasteiger partial charge >= 0.3 is 0 Å². The van der Waals surface area contributed by atoms with Crippen LogP contribution < -0.4 is 5.32 Å². The van der Waals surface area contributed by atoms with E-state index >= 15 is 0 Å². The number of hydrogen-bond donors (Lipinski definition) is 1. The molecule has 0 aromatic heterocycles. The number of nitrogens with one attached hydrogen (secondary N) is 1. The van der Waals surface area contributed by atoms with Crippen molar-refractivity contribution in [2.75, 3.05) is 32.1 Å². The number of benzene rings is 1. The van der Waals surface area contributed by atoms with Crippen molar-refractivity contribution in [3.63, 3.8) is 0 Å². The van der Waals surface area contributed by atoms with Crippen molar-refractivity contribution in [3.8, 4) is 0 Å². The van der Waals surface area contributed by atoms with Crippen LogP contribution in [-0.2, 0) is 4.74 Å². The molecule has 0 unspecified atom stereocenters. The smallest absolute Gasteiger partial charge is 0.254 e. The van der Waals surface area contributed by atoms with E-state index in [4.69, 9.17) is 4.74 Å². The van der Waals surface area contributed by atoms with Crippen molar-refractivity contribution in [1.82, 2.24) is 4.90 Å². The van der Waals surface area contributed by atoms with Crippen LogP contribution in [0.15, 0.2) is 18.2 Å². The van der Waals surface area contributed by atoms with Gasteiger partial charge in [0.2, 0.25) is 0 Å². The Balaban J connectivity index is 2.91. The maximum absolute atomic E-state index is 12.6. The van der Waals surface area contributed by atoms with Crippen LogP contribution in [0.3, 0.4) is 0 Å². The quantitative estimate of drug-likeness (QED) is 0.834. The molecule has 0 heterocycles. The molecule has 0 bridgehead atoms. The van der Waals surface area contributed by atoms with E-state index in [1.807, 2.05) is 43.9 Å². The number of carbonyl (C=O) groups is 1. The van der Waals surface area contributed by atoms with Gasteiger partial charge in [-0.05, 0) is 51.5 Å². The van der Waals surface area contributed by atoms with Crippen molar-refractivity contribution in [3.05, 3.63) is 29.3 Å². The first-order chi connectivity index (χ1) is 9.51. The van der Waals surface area contributed by atoms with Gasteiger partial charge in [0, 0.05) is 37.5 Å². The molecular weight excluding hydrogens is 252 g/mol. The molecule has 20 heavy (non-hydrogen) atoms. The highest BCUT2D eigenvalue weighted by atomic mass is 16.5. The first-order valence-electron chi connectivity index (χ1n) is 7.15. The molecule has 4 nitrogen and oxygen atoms in total. The third-order valence-electron chi connectivity index (χ3n) is 3.26. The third kappa shape index (κ3) is 4.23. The molecule has 0 aliphatic heterocycles. The fourth-order valence-electron chi connectivity index (χ4n) is 2.14. The lowest BCUT2D eigenvalue weighted by atomic mass is 10.1. The minimum atomic E-state index is 0.0585. The number of carbonyl (C=O) groups excluding carboxylic acids is 1. The van der Waals surface area contributed by atoms with Gasteiger partial charge in [0.1, 0.15) is 0 Å². The molecule has 1 aromatic carbocycles. The van der Waals surface area contributed by atoms with E-state index in [0.717, 1.165) is 23.4 Å². The van der Waals surface area contributed by atoms with Gasteiger partial charge in [-0.1, -0.05) is 0 Å². The molecule has 0 spiro atoms. The van der Waals surface area contributed by atoms with Gasteiger partial charge in [-0.15, -0.1) is 0 Å². The lowest BCUT2D eigenvalue weighted by Gasteiger charge is -2.26. The molecule has 112 valence electrons. The number of aryl methyl sites for hydroxylation is 1. The molecule has 0 aliphatic carbocycles. The summed E-state index contributed by atoms with van der Waals surface area (Å²) in [7, 11) is 1.65. The molecule has 1 aromatic rings. The second-order valence-electron chi connectivity index (χ2n) is 5.15. The van der Waals surface area contributed by atoms with Gasteiger partial charge in [-0.3, -0.25) is 4.79 Å². The maximum Gasteiger partial charge on any atom is 0.254 e. The zero-order valence-corrected chi connectivity index (χ0v) is 13.2. The lowest BCUT2D eigenvalue weighted by molar-refractivity contribution is 0.0635. The van der Waals surface area contributed by atoms with Gasteiger partial charge in [0.05, 0.1) is 6.61 Å². The third-order valence-corrected chi connectivity index (χ3v) is 3.26. The molecule has 0 aliphatic rings. The van der Waals surface area contributed by atoms with Crippen molar-refractivity contribution >= 4 is 11.6 Å². The maximum atomic E-state index is 12.6. The molecule has 0 fully saturated rings. The SMILES string of the molecule is CCNc1ccc(C(=O)N(CCOC)C(C)C)cc1C. The molecule has 0 radical (unpaired) electrons. The zero-order chi connectivity index (χ0) is 15.1. The molecule has 1 amide bonds. The van der Waals surface area contributed by atoms with E-state index < -0.39 is 0 Å². The molecule has 0 saturated heterocycles. The van der Waals surface area contributed by atoms with Crippen LogP contribution in [0.1, 0.15) is 36.7 Å². The monoisotopic (exact) mass is 278 g/mol. The Kier molecular flexibility index (Phi) is 6.52. The highest BCUT2D eigenvalue weighted by Gasteiger charge is 2.18. The van der Waals surface area contributed by atoms with Crippen molar-refractivity contribution in [1.29, 1.82) is 0 Å². The fourth-order valence-corrected chi connectivity index (χ4v) is 2.14. The van der Waals surface area contributed by atoms with Crippen LogP contribution in [-0.4, -0.2) is 43.7 Å². The van der Waals surface area contributed by atoms with E-state index in [1.54, 1.807) is 7.11 Å². The Morgan fingerprint density at radius 3 is 2.60 bits per heavy atom. The summed E-state index contributed by atoms with van der Waals surface area (Å²) in [5.74, 6) is 0.0585. The molecule has 1 N–H and O–H groups in total. The molecule has 0 saturated carbocycles. The number of anilines is 1. The standard InChI is InChI=1S/C16H26N2O2/c1-6-17-15-8-7-14(11-13(15)4)16(19)18(12(2)3)9-10-20-5/h7-8,11-12,17H,6,9-10H2,1-5H3. The Bertz CT molecular complexity index is 444. The second kappa shape index (κ2) is 7.90. The number of nitrogens with zero attached hydrogens (tertiary/aromatic N) is 1. The van der Waals surface area contributed by atoms with Gasteiger partial charge in [-0.25, -0.2) is 0 Å². The van der Waals surface area contributed by atoms with E-state index in [0.29, 0.717) is 13.2 Å². The van der Waals surface area contributed by atoms with E-state index in [2.05, 4.69) is 12.2 Å². The van der Waals surface area contributed by atoms with E-state index in [1.165, 1.54) is 0 Å². The number of amides is 1. The van der Waals surface area contributed by atoms with Crippen LogP contribution in [0.4, 0.5) is 5.69 Å². The summed E-state index contributed by atoms with van der Waals surface area (Å²) < 4.78 is 5.08. The van der Waals surface area contributed by atoms with Crippen LogP contribution in [0, 0.1) is 6.92 Å². The van der Waals surface area contributed by atoms with Gasteiger partial charge in [-0.2, -0.15) is 0 Å². The van der Waals surface area contributed by atoms with Crippen molar-refractivity contribution < 1.29 is 9.53 Å². The number of hydrogen-bond acceptors (Lipinski definition) is 3. The lowest BCUT2D eigenvalue weighted by Crippen LogP contribution is -2.39. The average molecular weight is 278 g/mol. The normalized spacial score (nSPS) is 10.7. The number of ether oxygens (including phenoxy) is 1. The average Bonchev–Trinajstić information content (AvgIpc) is 2.41. The van der Waals surface area contributed by atoms with Gasteiger partial charge < -0.3 is 15.0 Å². The topological polar surface area (TPSA) is 41.6 Å². The number of rotatable bonds is 7. The van der Waals surface area contributed by atoms with E-state index in [9.17, 15) is 4.79 Å². The largest absolute Gasteiger partial charge is 0.385 e. The van der Waals surface area contributed by atoms with Crippen molar-refractivity contribution in [2.45, 2.75) is 33.7 Å². The molecule has 1 rings (SSSR count). The summed E-state index contributed by atoms with van der Waals surface area (Å²) >= 11 is 0. The van der Waals surface area contributed by atoms with Crippen LogP contribution in [0.2, 0.25) is 0 Å².